The number of fused-ring (bicyclic) bond motifs is 1. The van der Waals surface area contributed by atoms with Gasteiger partial charge in [-0.2, -0.15) is 0 Å². The fourth-order valence-corrected chi connectivity index (χ4v) is 2.82. The lowest BCUT2D eigenvalue weighted by atomic mass is 9.71. The molecule has 3 aliphatic rings. The Balaban J connectivity index is 1.87. The molecular formula is C9H16N2O. The van der Waals surface area contributed by atoms with Crippen molar-refractivity contribution in [1.82, 2.24) is 10.6 Å². The molecule has 0 amide bonds. The van der Waals surface area contributed by atoms with Crippen molar-refractivity contribution in [2.45, 2.75) is 18.4 Å². The SMILES string of the molecule is C1CC2(CCN1)COCC21CN1. The predicted molar refractivity (Wildman–Crippen MR) is 46.1 cm³/mol. The Kier molecular flexibility index (Phi) is 1.35. The molecule has 3 saturated heterocycles. The molecule has 0 bridgehead atoms. The summed E-state index contributed by atoms with van der Waals surface area (Å²) in [6, 6.07) is 0. The maximum Gasteiger partial charge on any atom is 0.0667 e. The molecule has 12 heavy (non-hydrogen) atoms. The number of hydrogen-bond donors (Lipinski definition) is 2. The third-order valence-electron chi connectivity index (χ3n) is 3.91. The molecule has 68 valence electrons. The van der Waals surface area contributed by atoms with Gasteiger partial charge in [-0.15, -0.1) is 0 Å². The monoisotopic (exact) mass is 168 g/mol. The first-order valence-electron chi connectivity index (χ1n) is 4.91. The molecule has 3 fully saturated rings. The Morgan fingerprint density at radius 3 is 2.50 bits per heavy atom. The average molecular weight is 168 g/mol. The highest BCUT2D eigenvalue weighted by Gasteiger charge is 2.62. The second-order valence-corrected chi connectivity index (χ2v) is 4.46. The molecule has 1 unspecified atom stereocenters. The Labute approximate surface area is 72.9 Å². The minimum Gasteiger partial charge on any atom is -0.379 e. The highest BCUT2D eigenvalue weighted by molar-refractivity contribution is 5.19. The van der Waals surface area contributed by atoms with Crippen molar-refractivity contribution >= 4 is 0 Å². The second-order valence-electron chi connectivity index (χ2n) is 4.46. The van der Waals surface area contributed by atoms with Crippen molar-refractivity contribution in [1.29, 1.82) is 0 Å². The van der Waals surface area contributed by atoms with Gasteiger partial charge in [-0.05, 0) is 25.9 Å². The molecule has 0 saturated carbocycles. The maximum absolute atomic E-state index is 5.63. The summed E-state index contributed by atoms with van der Waals surface area (Å²) in [5.74, 6) is 0. The van der Waals surface area contributed by atoms with E-state index in [9.17, 15) is 0 Å². The van der Waals surface area contributed by atoms with Gasteiger partial charge in [-0.25, -0.2) is 0 Å². The molecule has 0 aromatic carbocycles. The quantitative estimate of drug-likeness (QED) is 0.489. The van der Waals surface area contributed by atoms with Crippen LogP contribution in [0, 0.1) is 5.41 Å². The van der Waals surface area contributed by atoms with Gasteiger partial charge in [0.25, 0.3) is 0 Å². The molecule has 3 heteroatoms. The molecule has 3 heterocycles. The van der Waals surface area contributed by atoms with Crippen molar-refractivity contribution in [2.24, 2.45) is 5.41 Å². The Morgan fingerprint density at radius 1 is 1.08 bits per heavy atom. The number of piperidine rings is 1. The summed E-state index contributed by atoms with van der Waals surface area (Å²) in [5, 5.41) is 6.94. The van der Waals surface area contributed by atoms with Crippen LogP contribution in [0.3, 0.4) is 0 Å². The van der Waals surface area contributed by atoms with Crippen molar-refractivity contribution in [3.05, 3.63) is 0 Å². The third kappa shape index (κ3) is 0.767. The average Bonchev–Trinajstić information content (AvgIpc) is 2.80. The molecule has 0 aromatic heterocycles. The van der Waals surface area contributed by atoms with Crippen LogP contribution in [0.25, 0.3) is 0 Å². The summed E-state index contributed by atoms with van der Waals surface area (Å²) >= 11 is 0. The molecule has 3 aliphatic heterocycles. The van der Waals surface area contributed by atoms with E-state index >= 15 is 0 Å². The minimum absolute atomic E-state index is 0.398. The van der Waals surface area contributed by atoms with E-state index in [-0.39, 0.29) is 0 Å². The molecule has 2 N–H and O–H groups in total. The number of ether oxygens (including phenoxy) is 1. The van der Waals surface area contributed by atoms with Crippen LogP contribution in [0.4, 0.5) is 0 Å². The maximum atomic E-state index is 5.63. The Hall–Kier alpha value is -0.120. The zero-order valence-electron chi connectivity index (χ0n) is 7.36. The first kappa shape index (κ1) is 7.30. The number of nitrogens with one attached hydrogen (secondary N) is 2. The fourth-order valence-electron chi connectivity index (χ4n) is 2.82. The van der Waals surface area contributed by atoms with E-state index < -0.39 is 0 Å². The van der Waals surface area contributed by atoms with Crippen LogP contribution in [0.1, 0.15) is 12.8 Å². The molecule has 2 spiro atoms. The van der Waals surface area contributed by atoms with Gasteiger partial charge in [0.15, 0.2) is 0 Å². The van der Waals surface area contributed by atoms with Gasteiger partial charge in [-0.3, -0.25) is 0 Å². The van der Waals surface area contributed by atoms with E-state index in [0.29, 0.717) is 11.0 Å². The van der Waals surface area contributed by atoms with Crippen molar-refractivity contribution in [2.75, 3.05) is 32.8 Å². The van der Waals surface area contributed by atoms with E-state index in [1.165, 1.54) is 32.5 Å². The fraction of sp³-hybridized carbons (Fsp3) is 1.00. The number of hydrogen-bond acceptors (Lipinski definition) is 3. The molecule has 3 rings (SSSR count). The minimum atomic E-state index is 0.398. The normalized spacial score (nSPS) is 44.0. The molecule has 0 radical (unpaired) electrons. The lowest BCUT2D eigenvalue weighted by molar-refractivity contribution is 0.123. The number of rotatable bonds is 0. The Morgan fingerprint density at radius 2 is 1.83 bits per heavy atom. The van der Waals surface area contributed by atoms with Crippen LogP contribution < -0.4 is 10.6 Å². The largest absolute Gasteiger partial charge is 0.379 e. The van der Waals surface area contributed by atoms with Crippen LogP contribution in [0.15, 0.2) is 0 Å². The van der Waals surface area contributed by atoms with Crippen molar-refractivity contribution in [3.8, 4) is 0 Å². The third-order valence-corrected chi connectivity index (χ3v) is 3.91. The van der Waals surface area contributed by atoms with Crippen molar-refractivity contribution in [3.63, 3.8) is 0 Å². The van der Waals surface area contributed by atoms with Gasteiger partial charge in [-0.1, -0.05) is 0 Å². The first-order chi connectivity index (χ1) is 5.87. The standard InChI is InChI=1S/C9H16N2O/c1-3-10-4-2-8(1)6-12-7-9(8)5-11-9/h10-11H,1-7H2. The van der Waals surface area contributed by atoms with E-state index in [0.717, 1.165) is 13.2 Å². The highest BCUT2D eigenvalue weighted by atomic mass is 16.5. The summed E-state index contributed by atoms with van der Waals surface area (Å²) in [6.07, 6.45) is 2.58. The summed E-state index contributed by atoms with van der Waals surface area (Å²) in [7, 11) is 0. The lowest BCUT2D eigenvalue weighted by Gasteiger charge is -2.36. The van der Waals surface area contributed by atoms with Gasteiger partial charge >= 0.3 is 0 Å². The van der Waals surface area contributed by atoms with E-state index in [1.54, 1.807) is 0 Å². The summed E-state index contributed by atoms with van der Waals surface area (Å²) in [4.78, 5) is 0. The van der Waals surface area contributed by atoms with Crippen LogP contribution in [0.5, 0.6) is 0 Å². The topological polar surface area (TPSA) is 43.2 Å². The molecule has 0 aromatic rings. The highest BCUT2D eigenvalue weighted by Crippen LogP contribution is 2.49. The van der Waals surface area contributed by atoms with Gasteiger partial charge in [0, 0.05) is 12.0 Å². The van der Waals surface area contributed by atoms with Crippen LogP contribution in [-0.4, -0.2) is 38.4 Å². The van der Waals surface area contributed by atoms with Gasteiger partial charge < -0.3 is 15.4 Å². The van der Waals surface area contributed by atoms with E-state index in [4.69, 9.17) is 4.74 Å². The smallest absolute Gasteiger partial charge is 0.0667 e. The van der Waals surface area contributed by atoms with Crippen molar-refractivity contribution < 1.29 is 4.74 Å². The second kappa shape index (κ2) is 2.22. The van der Waals surface area contributed by atoms with Gasteiger partial charge in [0.1, 0.15) is 0 Å². The zero-order chi connectivity index (χ0) is 8.07. The molecule has 1 atom stereocenters. The van der Waals surface area contributed by atoms with Gasteiger partial charge in [0.05, 0.1) is 18.8 Å². The van der Waals surface area contributed by atoms with E-state index in [1.807, 2.05) is 0 Å². The zero-order valence-corrected chi connectivity index (χ0v) is 7.36. The predicted octanol–water partition coefficient (Wildman–Crippen LogP) is -0.272. The lowest BCUT2D eigenvalue weighted by Crippen LogP contribution is -2.47. The molecular weight excluding hydrogens is 152 g/mol. The molecule has 3 nitrogen and oxygen atoms in total. The first-order valence-corrected chi connectivity index (χ1v) is 4.91. The molecule has 0 aliphatic carbocycles. The van der Waals surface area contributed by atoms with Crippen LogP contribution >= 0.6 is 0 Å². The summed E-state index contributed by atoms with van der Waals surface area (Å²) in [6.45, 7) is 5.47. The Bertz CT molecular complexity index is 195. The summed E-state index contributed by atoms with van der Waals surface area (Å²) in [5.41, 5.74) is 0.882. The van der Waals surface area contributed by atoms with E-state index in [2.05, 4.69) is 10.6 Å². The van der Waals surface area contributed by atoms with Gasteiger partial charge in [0.2, 0.25) is 0 Å². The van der Waals surface area contributed by atoms with Crippen LogP contribution in [-0.2, 0) is 4.74 Å². The summed E-state index contributed by atoms with van der Waals surface area (Å²) < 4.78 is 5.63. The van der Waals surface area contributed by atoms with Crippen LogP contribution in [0.2, 0.25) is 0 Å².